The summed E-state index contributed by atoms with van der Waals surface area (Å²) in [6.07, 6.45) is 2.40. The molecule has 0 aliphatic carbocycles. The summed E-state index contributed by atoms with van der Waals surface area (Å²) in [5.74, 6) is 0.0262. The van der Waals surface area contributed by atoms with Crippen LogP contribution in [0.15, 0.2) is 18.3 Å². The minimum Gasteiger partial charge on any atom is -0.506 e. The van der Waals surface area contributed by atoms with Crippen LogP contribution in [0.3, 0.4) is 0 Å². The summed E-state index contributed by atoms with van der Waals surface area (Å²) in [6.45, 7) is 3.42. The van der Waals surface area contributed by atoms with E-state index in [4.69, 9.17) is 0 Å². The summed E-state index contributed by atoms with van der Waals surface area (Å²) in [6, 6.07) is 3.25. The van der Waals surface area contributed by atoms with Crippen LogP contribution in [0.5, 0.6) is 5.75 Å². The molecule has 78 valence electrons. The molecule has 2 aromatic rings. The van der Waals surface area contributed by atoms with E-state index in [2.05, 4.69) is 5.10 Å². The molecule has 2 heterocycles. The van der Waals surface area contributed by atoms with Crippen molar-refractivity contribution >= 4 is 11.3 Å². The Hall–Kier alpha value is -1.84. The zero-order valence-corrected chi connectivity index (χ0v) is 8.69. The summed E-state index contributed by atoms with van der Waals surface area (Å²) >= 11 is 0. The lowest BCUT2D eigenvalue weighted by Gasteiger charge is -1.98. The van der Waals surface area contributed by atoms with Gasteiger partial charge in [-0.3, -0.25) is 4.79 Å². The molecule has 0 saturated heterocycles. The van der Waals surface area contributed by atoms with Gasteiger partial charge in [0.1, 0.15) is 11.3 Å². The fourth-order valence-electron chi connectivity index (χ4n) is 1.75. The molecule has 0 aliphatic heterocycles. The van der Waals surface area contributed by atoms with Crippen LogP contribution in [-0.4, -0.2) is 20.5 Å². The Balaban J connectivity index is 2.88. The van der Waals surface area contributed by atoms with Crippen LogP contribution >= 0.6 is 0 Å². The van der Waals surface area contributed by atoms with Crippen molar-refractivity contribution in [3.8, 4) is 5.75 Å². The minimum absolute atomic E-state index is 0.0663. The van der Waals surface area contributed by atoms with E-state index in [1.165, 1.54) is 6.92 Å². The predicted octanol–water partition coefficient (Wildman–Crippen LogP) is 1.80. The number of carbonyl (C=O) groups excluding carboxylic acids is 1. The molecule has 15 heavy (non-hydrogen) atoms. The second-order valence-electron chi connectivity index (χ2n) is 3.42. The molecule has 2 rings (SSSR count). The van der Waals surface area contributed by atoms with Crippen molar-refractivity contribution < 1.29 is 9.90 Å². The van der Waals surface area contributed by atoms with E-state index in [1.54, 1.807) is 22.8 Å². The van der Waals surface area contributed by atoms with Gasteiger partial charge in [-0.1, -0.05) is 6.92 Å². The number of aromatic nitrogens is 2. The highest BCUT2D eigenvalue weighted by Crippen LogP contribution is 2.25. The van der Waals surface area contributed by atoms with Crippen LogP contribution < -0.4 is 0 Å². The van der Waals surface area contributed by atoms with Crippen LogP contribution in [0.1, 0.15) is 29.9 Å². The van der Waals surface area contributed by atoms with Crippen molar-refractivity contribution in [3.63, 3.8) is 0 Å². The Morgan fingerprint density at radius 2 is 2.33 bits per heavy atom. The fraction of sp³-hybridized carbons (Fsp3) is 0.273. The molecule has 0 fully saturated rings. The molecule has 1 N–H and O–H groups in total. The van der Waals surface area contributed by atoms with Crippen molar-refractivity contribution in [1.82, 2.24) is 9.61 Å². The van der Waals surface area contributed by atoms with Crippen molar-refractivity contribution in [2.45, 2.75) is 20.3 Å². The molecule has 4 heteroatoms. The average Bonchev–Trinajstić information content (AvgIpc) is 2.57. The van der Waals surface area contributed by atoms with Gasteiger partial charge in [-0.05, 0) is 25.5 Å². The maximum Gasteiger partial charge on any atom is 0.164 e. The van der Waals surface area contributed by atoms with Gasteiger partial charge in [0.25, 0.3) is 0 Å². The number of fused-ring (bicyclic) bond motifs is 1. The molecular weight excluding hydrogens is 192 g/mol. The van der Waals surface area contributed by atoms with Gasteiger partial charge in [-0.25, -0.2) is 4.52 Å². The fourth-order valence-corrected chi connectivity index (χ4v) is 1.75. The normalized spacial score (nSPS) is 10.8. The summed E-state index contributed by atoms with van der Waals surface area (Å²) in [7, 11) is 0. The van der Waals surface area contributed by atoms with Crippen LogP contribution in [0.25, 0.3) is 5.52 Å². The Kier molecular flexibility index (Phi) is 2.19. The molecule has 0 amide bonds. The Morgan fingerprint density at radius 3 is 2.93 bits per heavy atom. The van der Waals surface area contributed by atoms with Crippen LogP contribution in [0.2, 0.25) is 0 Å². The summed E-state index contributed by atoms with van der Waals surface area (Å²) in [4.78, 5) is 11.5. The first-order valence-electron chi connectivity index (χ1n) is 4.85. The second kappa shape index (κ2) is 3.38. The van der Waals surface area contributed by atoms with E-state index < -0.39 is 0 Å². The lowest BCUT2D eigenvalue weighted by Crippen LogP contribution is -1.96. The lowest BCUT2D eigenvalue weighted by molar-refractivity contribution is 0.101. The minimum atomic E-state index is -0.0663. The van der Waals surface area contributed by atoms with E-state index in [0.717, 1.165) is 5.69 Å². The van der Waals surface area contributed by atoms with Gasteiger partial charge in [0.15, 0.2) is 5.78 Å². The zero-order valence-electron chi connectivity index (χ0n) is 8.69. The molecular formula is C11H12N2O2. The van der Waals surface area contributed by atoms with Gasteiger partial charge < -0.3 is 5.11 Å². The highest BCUT2D eigenvalue weighted by molar-refractivity contribution is 6.03. The Labute approximate surface area is 87.2 Å². The molecule has 0 unspecified atom stereocenters. The van der Waals surface area contributed by atoms with E-state index in [-0.39, 0.29) is 11.5 Å². The van der Waals surface area contributed by atoms with Gasteiger partial charge in [-0.2, -0.15) is 5.10 Å². The number of aryl methyl sites for hydroxylation is 1. The highest BCUT2D eigenvalue weighted by atomic mass is 16.3. The number of nitrogens with zero attached hydrogens (tertiary/aromatic N) is 2. The second-order valence-corrected chi connectivity index (χ2v) is 3.42. The first-order valence-corrected chi connectivity index (χ1v) is 4.85. The molecule has 0 spiro atoms. The Morgan fingerprint density at radius 1 is 1.60 bits per heavy atom. The average molecular weight is 204 g/mol. The quantitative estimate of drug-likeness (QED) is 0.759. The van der Waals surface area contributed by atoms with Crippen molar-refractivity contribution in [3.05, 3.63) is 29.6 Å². The van der Waals surface area contributed by atoms with E-state index in [9.17, 15) is 9.90 Å². The summed E-state index contributed by atoms with van der Waals surface area (Å²) < 4.78 is 1.55. The standard InChI is InChI=1S/C11H12N2O2/c1-3-8-10(7(2)14)11-9(15)5-4-6-13(11)12-8/h4-6,15H,3H2,1-2H3. The van der Waals surface area contributed by atoms with Crippen LogP contribution in [-0.2, 0) is 6.42 Å². The molecule has 0 aromatic carbocycles. The third kappa shape index (κ3) is 1.38. The summed E-state index contributed by atoms with van der Waals surface area (Å²) in [5, 5.41) is 13.9. The summed E-state index contributed by atoms with van der Waals surface area (Å²) in [5.41, 5.74) is 1.75. The molecule has 0 atom stereocenters. The van der Waals surface area contributed by atoms with E-state index in [0.29, 0.717) is 17.5 Å². The zero-order chi connectivity index (χ0) is 11.0. The maximum absolute atomic E-state index is 11.5. The third-order valence-corrected chi connectivity index (χ3v) is 2.39. The first-order chi connectivity index (χ1) is 7.15. The van der Waals surface area contributed by atoms with Crippen LogP contribution in [0.4, 0.5) is 0 Å². The first kappa shape index (κ1) is 9.71. The number of rotatable bonds is 2. The Bertz CT molecular complexity index is 529. The SMILES string of the molecule is CCc1nn2cccc(O)c2c1C(C)=O. The maximum atomic E-state index is 11.5. The lowest BCUT2D eigenvalue weighted by atomic mass is 10.1. The van der Waals surface area contributed by atoms with Crippen molar-refractivity contribution in [1.29, 1.82) is 0 Å². The number of pyridine rings is 1. The van der Waals surface area contributed by atoms with Gasteiger partial charge in [0.05, 0.1) is 11.3 Å². The monoisotopic (exact) mass is 204 g/mol. The topological polar surface area (TPSA) is 54.6 Å². The molecule has 0 bridgehead atoms. The van der Waals surface area contributed by atoms with Crippen molar-refractivity contribution in [2.24, 2.45) is 0 Å². The third-order valence-electron chi connectivity index (χ3n) is 2.39. The number of hydrogen-bond acceptors (Lipinski definition) is 3. The molecule has 0 aliphatic rings. The molecule has 0 saturated carbocycles. The molecule has 4 nitrogen and oxygen atoms in total. The number of Topliss-reactive ketones (excluding diaryl/α,β-unsaturated/α-hetero) is 1. The van der Waals surface area contributed by atoms with Crippen molar-refractivity contribution in [2.75, 3.05) is 0 Å². The predicted molar refractivity (Wildman–Crippen MR) is 56.2 cm³/mol. The number of aromatic hydroxyl groups is 1. The van der Waals surface area contributed by atoms with Gasteiger partial charge in [0, 0.05) is 6.20 Å². The number of carbonyl (C=O) groups is 1. The van der Waals surface area contributed by atoms with Crippen LogP contribution in [0, 0.1) is 0 Å². The largest absolute Gasteiger partial charge is 0.506 e. The smallest absolute Gasteiger partial charge is 0.164 e. The van der Waals surface area contributed by atoms with Gasteiger partial charge >= 0.3 is 0 Å². The highest BCUT2D eigenvalue weighted by Gasteiger charge is 2.17. The molecule has 2 aromatic heterocycles. The molecule has 0 radical (unpaired) electrons. The number of ketones is 1. The van der Waals surface area contributed by atoms with Gasteiger partial charge in [-0.15, -0.1) is 0 Å². The van der Waals surface area contributed by atoms with E-state index >= 15 is 0 Å². The van der Waals surface area contributed by atoms with E-state index in [1.807, 2.05) is 6.92 Å². The number of hydrogen-bond donors (Lipinski definition) is 1. The van der Waals surface area contributed by atoms with Gasteiger partial charge in [0.2, 0.25) is 0 Å².